The second kappa shape index (κ2) is 6.05. The lowest BCUT2D eigenvalue weighted by Crippen LogP contribution is -2.33. The van der Waals surface area contributed by atoms with Gasteiger partial charge >= 0.3 is 0 Å². The normalized spacial score (nSPS) is 18.5. The van der Waals surface area contributed by atoms with E-state index in [1.165, 1.54) is 38.5 Å². The average Bonchev–Trinajstić information content (AvgIpc) is 2.58. The molecule has 1 aromatic rings. The maximum atomic E-state index is 5.65. The third kappa shape index (κ3) is 3.73. The minimum Gasteiger partial charge on any atom is -0.396 e. The first-order valence-electron chi connectivity index (χ1n) is 6.74. The van der Waals surface area contributed by atoms with Crippen molar-refractivity contribution in [1.29, 1.82) is 0 Å². The van der Waals surface area contributed by atoms with E-state index < -0.39 is 0 Å². The zero-order chi connectivity index (χ0) is 12.1. The Kier molecular flexibility index (Phi) is 4.42. The van der Waals surface area contributed by atoms with Crippen molar-refractivity contribution in [2.45, 2.75) is 51.1 Å². The molecule has 1 heterocycles. The summed E-state index contributed by atoms with van der Waals surface area (Å²) in [5.41, 5.74) is 6.40. The fraction of sp³-hybridized carbons (Fsp3) is 0.769. The number of aromatic nitrogens is 2. The molecule has 1 aromatic heterocycles. The monoisotopic (exact) mass is 236 g/mol. The summed E-state index contributed by atoms with van der Waals surface area (Å²) < 4.78 is 1.93. The summed E-state index contributed by atoms with van der Waals surface area (Å²) >= 11 is 0. The van der Waals surface area contributed by atoms with Crippen LogP contribution in [0, 0.1) is 0 Å². The summed E-state index contributed by atoms with van der Waals surface area (Å²) in [5, 5.41) is 4.22. The number of rotatable bonds is 4. The minimum atomic E-state index is 0.752. The maximum absolute atomic E-state index is 5.65. The van der Waals surface area contributed by atoms with Crippen LogP contribution in [0.2, 0.25) is 0 Å². The standard InChI is InChI=1S/C13H24N4/c1-16(13-6-4-2-3-5-7-13)8-9-17-11-12(14)10-15-17/h10-11,13H,2-9,14H2,1H3. The molecule has 17 heavy (non-hydrogen) atoms. The summed E-state index contributed by atoms with van der Waals surface area (Å²) in [6.07, 6.45) is 12.0. The second-order valence-electron chi connectivity index (χ2n) is 5.16. The van der Waals surface area contributed by atoms with E-state index >= 15 is 0 Å². The van der Waals surface area contributed by atoms with Gasteiger partial charge in [-0.15, -0.1) is 0 Å². The van der Waals surface area contributed by atoms with E-state index in [0.717, 1.165) is 24.8 Å². The van der Waals surface area contributed by atoms with Gasteiger partial charge in [0, 0.05) is 18.8 Å². The van der Waals surface area contributed by atoms with Crippen LogP contribution in [-0.4, -0.2) is 34.3 Å². The van der Waals surface area contributed by atoms with Crippen LogP contribution in [0.1, 0.15) is 38.5 Å². The van der Waals surface area contributed by atoms with E-state index in [9.17, 15) is 0 Å². The van der Waals surface area contributed by atoms with Gasteiger partial charge in [-0.05, 0) is 19.9 Å². The zero-order valence-electron chi connectivity index (χ0n) is 10.8. The van der Waals surface area contributed by atoms with Crippen LogP contribution in [-0.2, 0) is 6.54 Å². The first-order chi connectivity index (χ1) is 8.25. The number of hydrogen-bond donors (Lipinski definition) is 1. The van der Waals surface area contributed by atoms with Crippen molar-refractivity contribution in [2.75, 3.05) is 19.3 Å². The van der Waals surface area contributed by atoms with Crippen molar-refractivity contribution < 1.29 is 0 Å². The van der Waals surface area contributed by atoms with Crippen LogP contribution in [0.5, 0.6) is 0 Å². The molecule has 1 fully saturated rings. The smallest absolute Gasteiger partial charge is 0.0719 e. The molecule has 0 amide bonds. The fourth-order valence-electron chi connectivity index (χ4n) is 2.64. The number of nitrogen functional groups attached to an aromatic ring is 1. The SMILES string of the molecule is CN(CCn1cc(N)cn1)C1CCCCCC1. The molecule has 2 N–H and O–H groups in total. The van der Waals surface area contributed by atoms with Crippen LogP contribution >= 0.6 is 0 Å². The van der Waals surface area contributed by atoms with E-state index in [-0.39, 0.29) is 0 Å². The fourth-order valence-corrected chi connectivity index (χ4v) is 2.64. The van der Waals surface area contributed by atoms with E-state index in [2.05, 4.69) is 17.0 Å². The molecule has 0 radical (unpaired) electrons. The van der Waals surface area contributed by atoms with Crippen molar-refractivity contribution in [3.63, 3.8) is 0 Å². The minimum absolute atomic E-state index is 0.752. The highest BCUT2D eigenvalue weighted by Crippen LogP contribution is 2.20. The largest absolute Gasteiger partial charge is 0.396 e. The Hall–Kier alpha value is -1.03. The molecule has 0 aromatic carbocycles. The number of anilines is 1. The van der Waals surface area contributed by atoms with Crippen molar-refractivity contribution in [1.82, 2.24) is 14.7 Å². The van der Waals surface area contributed by atoms with Gasteiger partial charge in [0.25, 0.3) is 0 Å². The van der Waals surface area contributed by atoms with Gasteiger partial charge in [0.2, 0.25) is 0 Å². The molecule has 0 unspecified atom stereocenters. The van der Waals surface area contributed by atoms with E-state index in [1.54, 1.807) is 6.20 Å². The molecule has 4 nitrogen and oxygen atoms in total. The molecule has 0 saturated heterocycles. The quantitative estimate of drug-likeness (QED) is 0.815. The van der Waals surface area contributed by atoms with Gasteiger partial charge in [0.15, 0.2) is 0 Å². The highest BCUT2D eigenvalue weighted by atomic mass is 15.3. The van der Waals surface area contributed by atoms with Gasteiger partial charge in [0.1, 0.15) is 0 Å². The summed E-state index contributed by atoms with van der Waals surface area (Å²) in [6.45, 7) is 2.00. The molecule has 96 valence electrons. The average molecular weight is 236 g/mol. The molecular weight excluding hydrogens is 212 g/mol. The molecule has 0 spiro atoms. The highest BCUT2D eigenvalue weighted by molar-refractivity contribution is 5.30. The van der Waals surface area contributed by atoms with Crippen molar-refractivity contribution in [3.05, 3.63) is 12.4 Å². The Balaban J connectivity index is 1.77. The molecule has 0 aliphatic heterocycles. The van der Waals surface area contributed by atoms with Gasteiger partial charge in [-0.1, -0.05) is 25.7 Å². The third-order valence-electron chi connectivity index (χ3n) is 3.78. The molecule has 4 heteroatoms. The first kappa shape index (κ1) is 12.4. The van der Waals surface area contributed by atoms with Gasteiger partial charge in [-0.3, -0.25) is 4.68 Å². The lowest BCUT2D eigenvalue weighted by Gasteiger charge is -2.26. The molecule has 0 bridgehead atoms. The Morgan fingerprint density at radius 2 is 2.06 bits per heavy atom. The lowest BCUT2D eigenvalue weighted by atomic mass is 10.1. The number of hydrogen-bond acceptors (Lipinski definition) is 3. The summed E-state index contributed by atoms with van der Waals surface area (Å²) in [6, 6.07) is 0.769. The summed E-state index contributed by atoms with van der Waals surface area (Å²) in [5.74, 6) is 0. The molecule has 1 saturated carbocycles. The second-order valence-corrected chi connectivity index (χ2v) is 5.16. The van der Waals surface area contributed by atoms with Gasteiger partial charge < -0.3 is 10.6 Å². The summed E-state index contributed by atoms with van der Waals surface area (Å²) in [4.78, 5) is 2.49. The first-order valence-corrected chi connectivity index (χ1v) is 6.74. The summed E-state index contributed by atoms with van der Waals surface area (Å²) in [7, 11) is 2.24. The van der Waals surface area contributed by atoms with Crippen LogP contribution in [0.15, 0.2) is 12.4 Å². The molecular formula is C13H24N4. The van der Waals surface area contributed by atoms with E-state index in [4.69, 9.17) is 5.73 Å². The molecule has 2 rings (SSSR count). The zero-order valence-corrected chi connectivity index (χ0v) is 10.8. The van der Waals surface area contributed by atoms with E-state index in [0.29, 0.717) is 0 Å². The Morgan fingerprint density at radius 3 is 2.65 bits per heavy atom. The molecule has 1 aliphatic carbocycles. The number of likely N-dealkylation sites (N-methyl/N-ethyl adjacent to an activating group) is 1. The Labute approximate surface area is 104 Å². The lowest BCUT2D eigenvalue weighted by molar-refractivity contribution is 0.210. The predicted octanol–water partition coefficient (Wildman–Crippen LogP) is 2.12. The number of nitrogens with zero attached hydrogens (tertiary/aromatic N) is 3. The number of nitrogens with two attached hydrogens (primary N) is 1. The van der Waals surface area contributed by atoms with E-state index in [1.807, 2.05) is 10.9 Å². The van der Waals surface area contributed by atoms with Crippen LogP contribution in [0.25, 0.3) is 0 Å². The van der Waals surface area contributed by atoms with Crippen LogP contribution in [0.4, 0.5) is 5.69 Å². The van der Waals surface area contributed by atoms with Crippen molar-refractivity contribution in [2.24, 2.45) is 0 Å². The Bertz CT molecular complexity index is 326. The Morgan fingerprint density at radius 1 is 1.35 bits per heavy atom. The van der Waals surface area contributed by atoms with Gasteiger partial charge in [-0.25, -0.2) is 0 Å². The van der Waals surface area contributed by atoms with Crippen LogP contribution in [0.3, 0.4) is 0 Å². The molecule has 0 atom stereocenters. The van der Waals surface area contributed by atoms with Gasteiger partial charge in [-0.2, -0.15) is 5.10 Å². The molecule has 1 aliphatic rings. The van der Waals surface area contributed by atoms with Crippen molar-refractivity contribution in [3.8, 4) is 0 Å². The third-order valence-corrected chi connectivity index (χ3v) is 3.78. The predicted molar refractivity (Wildman–Crippen MR) is 70.8 cm³/mol. The topological polar surface area (TPSA) is 47.1 Å². The maximum Gasteiger partial charge on any atom is 0.0719 e. The van der Waals surface area contributed by atoms with Crippen molar-refractivity contribution >= 4 is 5.69 Å². The van der Waals surface area contributed by atoms with Crippen LogP contribution < -0.4 is 5.73 Å². The van der Waals surface area contributed by atoms with Gasteiger partial charge in [0.05, 0.1) is 18.4 Å². The highest BCUT2D eigenvalue weighted by Gasteiger charge is 2.16.